The van der Waals surface area contributed by atoms with Crippen molar-refractivity contribution in [3.8, 4) is 0 Å². The van der Waals surface area contributed by atoms with Gasteiger partial charge in [0.25, 0.3) is 0 Å². The Bertz CT molecular complexity index is 137. The molecule has 0 aliphatic heterocycles. The SMILES string of the molecule is CC(=O)OCCN=[N+]=[N-]. The van der Waals surface area contributed by atoms with E-state index in [2.05, 4.69) is 14.8 Å². The molecule has 0 saturated heterocycles. The molecule has 0 N–H and O–H groups in total. The normalized spacial score (nSPS) is 7.67. The summed E-state index contributed by atoms with van der Waals surface area (Å²) >= 11 is 0. The smallest absolute Gasteiger partial charge is 0.302 e. The number of hydrogen-bond donors (Lipinski definition) is 0. The van der Waals surface area contributed by atoms with Crippen molar-refractivity contribution in [1.82, 2.24) is 0 Å². The predicted molar refractivity (Wildman–Crippen MR) is 30.6 cm³/mol. The second kappa shape index (κ2) is 4.93. The zero-order chi connectivity index (χ0) is 7.11. The molecule has 5 heteroatoms. The van der Waals surface area contributed by atoms with Gasteiger partial charge in [0, 0.05) is 11.8 Å². The fourth-order valence-corrected chi connectivity index (χ4v) is 0.275. The van der Waals surface area contributed by atoms with Crippen LogP contribution < -0.4 is 0 Å². The highest BCUT2D eigenvalue weighted by Gasteiger charge is 1.87. The van der Waals surface area contributed by atoms with E-state index in [1.807, 2.05) is 0 Å². The van der Waals surface area contributed by atoms with Gasteiger partial charge < -0.3 is 4.74 Å². The van der Waals surface area contributed by atoms with E-state index in [1.54, 1.807) is 0 Å². The molecule has 0 bridgehead atoms. The Labute approximate surface area is 52.2 Å². The molecular formula is C4H7N3O2. The Morgan fingerprint density at radius 1 is 1.89 bits per heavy atom. The first-order chi connectivity index (χ1) is 4.27. The van der Waals surface area contributed by atoms with Gasteiger partial charge in [-0.3, -0.25) is 4.79 Å². The van der Waals surface area contributed by atoms with E-state index in [4.69, 9.17) is 5.53 Å². The van der Waals surface area contributed by atoms with Crippen molar-refractivity contribution >= 4 is 5.97 Å². The molecule has 0 aromatic rings. The largest absolute Gasteiger partial charge is 0.466 e. The first kappa shape index (κ1) is 7.78. The van der Waals surface area contributed by atoms with Crippen molar-refractivity contribution in [2.75, 3.05) is 13.2 Å². The van der Waals surface area contributed by atoms with Crippen LogP contribution >= 0.6 is 0 Å². The van der Waals surface area contributed by atoms with Crippen LogP contribution in [0.15, 0.2) is 5.11 Å². The first-order valence-corrected chi connectivity index (χ1v) is 2.41. The summed E-state index contributed by atoms with van der Waals surface area (Å²) in [7, 11) is 0. The molecule has 0 amide bonds. The summed E-state index contributed by atoms with van der Waals surface area (Å²) in [5.74, 6) is -0.358. The van der Waals surface area contributed by atoms with Crippen molar-refractivity contribution in [3.63, 3.8) is 0 Å². The van der Waals surface area contributed by atoms with E-state index in [1.165, 1.54) is 6.92 Å². The van der Waals surface area contributed by atoms with Crippen LogP contribution in [0.5, 0.6) is 0 Å². The zero-order valence-corrected chi connectivity index (χ0v) is 5.07. The molecule has 0 atom stereocenters. The van der Waals surface area contributed by atoms with Crippen LogP contribution in [-0.4, -0.2) is 19.1 Å². The zero-order valence-electron chi connectivity index (χ0n) is 5.07. The van der Waals surface area contributed by atoms with Gasteiger partial charge in [-0.15, -0.1) is 0 Å². The van der Waals surface area contributed by atoms with E-state index in [0.29, 0.717) is 0 Å². The second-order valence-corrected chi connectivity index (χ2v) is 1.29. The Kier molecular flexibility index (Phi) is 4.26. The topological polar surface area (TPSA) is 75.1 Å². The fraction of sp³-hybridized carbons (Fsp3) is 0.750. The third kappa shape index (κ3) is 6.78. The van der Waals surface area contributed by atoms with Gasteiger partial charge in [0.1, 0.15) is 0 Å². The van der Waals surface area contributed by atoms with E-state index < -0.39 is 0 Å². The summed E-state index contributed by atoms with van der Waals surface area (Å²) in [6.07, 6.45) is 0. The summed E-state index contributed by atoms with van der Waals surface area (Å²) in [5, 5.41) is 3.15. The van der Waals surface area contributed by atoms with Gasteiger partial charge in [-0.25, -0.2) is 0 Å². The number of carbonyl (C=O) groups is 1. The van der Waals surface area contributed by atoms with Crippen LogP contribution in [-0.2, 0) is 9.53 Å². The van der Waals surface area contributed by atoms with Gasteiger partial charge in [0.15, 0.2) is 0 Å². The molecule has 0 spiro atoms. The van der Waals surface area contributed by atoms with Crippen LogP contribution in [0.1, 0.15) is 6.92 Å². The molecule has 0 fully saturated rings. The second-order valence-electron chi connectivity index (χ2n) is 1.29. The minimum Gasteiger partial charge on any atom is -0.466 e. The van der Waals surface area contributed by atoms with E-state index >= 15 is 0 Å². The summed E-state index contributed by atoms with van der Waals surface area (Å²) in [5.41, 5.74) is 7.75. The van der Waals surface area contributed by atoms with Crippen molar-refractivity contribution in [2.45, 2.75) is 6.92 Å². The molecule has 0 heterocycles. The Morgan fingerprint density at radius 2 is 2.56 bits per heavy atom. The molecule has 0 unspecified atom stereocenters. The number of ether oxygens (including phenoxy) is 1. The number of rotatable bonds is 3. The maximum absolute atomic E-state index is 10.0. The van der Waals surface area contributed by atoms with Crippen LogP contribution in [0.3, 0.4) is 0 Å². The lowest BCUT2D eigenvalue weighted by Crippen LogP contribution is -2.02. The molecular weight excluding hydrogens is 122 g/mol. The summed E-state index contributed by atoms with van der Waals surface area (Å²) < 4.78 is 4.44. The number of nitrogens with zero attached hydrogens (tertiary/aromatic N) is 3. The van der Waals surface area contributed by atoms with Gasteiger partial charge in [0.2, 0.25) is 0 Å². The Hall–Kier alpha value is -1.22. The predicted octanol–water partition coefficient (Wildman–Crippen LogP) is 0.860. The van der Waals surface area contributed by atoms with Crippen molar-refractivity contribution in [2.24, 2.45) is 5.11 Å². The lowest BCUT2D eigenvalue weighted by Gasteiger charge is -1.94. The molecule has 9 heavy (non-hydrogen) atoms. The minimum atomic E-state index is -0.358. The fourth-order valence-electron chi connectivity index (χ4n) is 0.275. The molecule has 0 radical (unpaired) electrons. The van der Waals surface area contributed by atoms with Crippen LogP contribution in [0, 0.1) is 0 Å². The third-order valence-corrected chi connectivity index (χ3v) is 0.560. The number of azide groups is 1. The number of hydrogen-bond acceptors (Lipinski definition) is 3. The van der Waals surface area contributed by atoms with Crippen LogP contribution in [0.4, 0.5) is 0 Å². The van der Waals surface area contributed by atoms with Crippen LogP contribution in [0.25, 0.3) is 10.4 Å². The molecule has 0 aromatic carbocycles. The number of esters is 1. The monoisotopic (exact) mass is 129 g/mol. The standard InChI is InChI=1S/C4H7N3O2/c1-4(8)9-3-2-6-7-5/h2-3H2,1H3. The minimum absolute atomic E-state index is 0.166. The summed E-state index contributed by atoms with van der Waals surface area (Å²) in [6.45, 7) is 1.67. The first-order valence-electron chi connectivity index (χ1n) is 2.41. The lowest BCUT2D eigenvalue weighted by atomic mass is 10.7. The maximum atomic E-state index is 10.0. The van der Waals surface area contributed by atoms with E-state index in [9.17, 15) is 4.79 Å². The third-order valence-electron chi connectivity index (χ3n) is 0.560. The maximum Gasteiger partial charge on any atom is 0.302 e. The quantitative estimate of drug-likeness (QED) is 0.186. The van der Waals surface area contributed by atoms with Crippen molar-refractivity contribution < 1.29 is 9.53 Å². The highest BCUT2D eigenvalue weighted by molar-refractivity contribution is 5.65. The van der Waals surface area contributed by atoms with Crippen LogP contribution in [0.2, 0.25) is 0 Å². The van der Waals surface area contributed by atoms with Gasteiger partial charge in [-0.2, -0.15) is 0 Å². The molecule has 0 aliphatic carbocycles. The Morgan fingerprint density at radius 3 is 3.00 bits per heavy atom. The van der Waals surface area contributed by atoms with Gasteiger partial charge in [-0.1, -0.05) is 5.11 Å². The summed E-state index contributed by atoms with van der Waals surface area (Å²) in [6, 6.07) is 0. The summed E-state index contributed by atoms with van der Waals surface area (Å²) in [4.78, 5) is 12.5. The molecule has 0 rings (SSSR count). The van der Waals surface area contributed by atoms with Gasteiger partial charge in [-0.05, 0) is 5.53 Å². The highest BCUT2D eigenvalue weighted by Crippen LogP contribution is 1.76. The molecule has 50 valence electrons. The molecule has 0 aliphatic rings. The van der Waals surface area contributed by atoms with Gasteiger partial charge in [0.05, 0.1) is 13.2 Å². The highest BCUT2D eigenvalue weighted by atomic mass is 16.5. The molecule has 0 aromatic heterocycles. The molecule has 0 saturated carbocycles. The van der Waals surface area contributed by atoms with Gasteiger partial charge >= 0.3 is 5.97 Å². The average Bonchev–Trinajstić information content (AvgIpc) is 1.80. The van der Waals surface area contributed by atoms with Crippen molar-refractivity contribution in [3.05, 3.63) is 10.4 Å². The Balaban J connectivity index is 3.10. The van der Waals surface area contributed by atoms with Crippen molar-refractivity contribution in [1.29, 1.82) is 0 Å². The van der Waals surface area contributed by atoms with E-state index in [0.717, 1.165) is 0 Å². The molecule has 5 nitrogen and oxygen atoms in total. The lowest BCUT2D eigenvalue weighted by molar-refractivity contribution is -0.140. The van der Waals surface area contributed by atoms with E-state index in [-0.39, 0.29) is 19.1 Å². The average molecular weight is 129 g/mol. The number of carbonyl (C=O) groups excluding carboxylic acids is 1.